The van der Waals surface area contributed by atoms with Gasteiger partial charge in [0, 0.05) is 29.8 Å². The topological polar surface area (TPSA) is 77.0 Å². The van der Waals surface area contributed by atoms with Crippen molar-refractivity contribution in [3.05, 3.63) is 77.9 Å². The normalized spacial score (nSPS) is 12.8. The van der Waals surface area contributed by atoms with Crippen LogP contribution in [0.4, 0.5) is 0 Å². The second kappa shape index (κ2) is 9.64. The summed E-state index contributed by atoms with van der Waals surface area (Å²) in [6.45, 7) is 1.49. The molecule has 0 saturated heterocycles. The lowest BCUT2D eigenvalue weighted by Gasteiger charge is -2.16. The largest absolute Gasteiger partial charge is 0.493 e. The molecule has 4 rings (SSSR count). The Labute approximate surface area is 181 Å². The van der Waals surface area contributed by atoms with Crippen LogP contribution in [0.5, 0.6) is 17.2 Å². The number of hydrogen-bond acceptors (Lipinski definition) is 6. The minimum atomic E-state index is -0.700. The first kappa shape index (κ1) is 20.9. The number of para-hydroxylation sites is 2. The molecule has 3 aromatic rings. The van der Waals surface area contributed by atoms with Gasteiger partial charge < -0.3 is 24.6 Å². The number of benzene rings is 3. The van der Waals surface area contributed by atoms with E-state index in [1.165, 1.54) is 0 Å². The summed E-state index contributed by atoms with van der Waals surface area (Å²) in [5.74, 6) is 1.98. The minimum Gasteiger partial charge on any atom is -0.493 e. The summed E-state index contributed by atoms with van der Waals surface area (Å²) in [6, 6.07) is 20.4. The van der Waals surface area contributed by atoms with Gasteiger partial charge in [-0.2, -0.15) is 0 Å². The molecule has 1 aliphatic carbocycles. The monoisotopic (exact) mass is 419 g/mol. The first-order chi connectivity index (χ1) is 15.2. The second-order valence-corrected chi connectivity index (χ2v) is 7.22. The van der Waals surface area contributed by atoms with Crippen molar-refractivity contribution >= 4 is 5.78 Å². The number of nitrogens with one attached hydrogen (secondary N) is 1. The Bertz CT molecular complexity index is 1070. The molecule has 6 heteroatoms. The number of rotatable bonds is 10. The van der Waals surface area contributed by atoms with E-state index >= 15 is 0 Å². The minimum absolute atomic E-state index is 0.00770. The second-order valence-electron chi connectivity index (χ2n) is 7.22. The van der Waals surface area contributed by atoms with Gasteiger partial charge in [0.1, 0.15) is 25.1 Å². The highest BCUT2D eigenvalue weighted by atomic mass is 16.5. The van der Waals surface area contributed by atoms with Crippen LogP contribution in [0.15, 0.2) is 66.7 Å². The van der Waals surface area contributed by atoms with Crippen molar-refractivity contribution in [3.63, 3.8) is 0 Å². The predicted octanol–water partition coefficient (Wildman–Crippen LogP) is 3.31. The third-order valence-electron chi connectivity index (χ3n) is 5.13. The lowest BCUT2D eigenvalue weighted by Crippen LogP contribution is -2.33. The van der Waals surface area contributed by atoms with Crippen molar-refractivity contribution in [1.82, 2.24) is 5.32 Å². The maximum absolute atomic E-state index is 12.6. The highest BCUT2D eigenvalue weighted by Crippen LogP contribution is 2.42. The van der Waals surface area contributed by atoms with Gasteiger partial charge in [-0.3, -0.25) is 4.79 Å². The Kier molecular flexibility index (Phi) is 6.50. The van der Waals surface area contributed by atoms with Crippen LogP contribution in [-0.2, 0) is 0 Å². The average Bonchev–Trinajstić information content (AvgIpc) is 3.10. The Balaban J connectivity index is 1.26. The van der Waals surface area contributed by atoms with Gasteiger partial charge in [-0.05, 0) is 23.8 Å². The smallest absolute Gasteiger partial charge is 0.194 e. The number of ether oxygens (including phenoxy) is 3. The molecule has 0 bridgehead atoms. The molecule has 0 aliphatic heterocycles. The average molecular weight is 419 g/mol. The first-order valence-electron chi connectivity index (χ1n) is 10.2. The van der Waals surface area contributed by atoms with Crippen molar-refractivity contribution in [1.29, 1.82) is 0 Å². The van der Waals surface area contributed by atoms with Crippen molar-refractivity contribution in [2.24, 2.45) is 0 Å². The van der Waals surface area contributed by atoms with E-state index in [-0.39, 0.29) is 12.4 Å². The Morgan fingerprint density at radius 2 is 1.52 bits per heavy atom. The van der Waals surface area contributed by atoms with Gasteiger partial charge in [0.05, 0.1) is 7.11 Å². The maximum Gasteiger partial charge on any atom is 0.194 e. The summed E-state index contributed by atoms with van der Waals surface area (Å²) in [7, 11) is 1.60. The summed E-state index contributed by atoms with van der Waals surface area (Å²) in [5, 5.41) is 13.4. The molecule has 0 spiro atoms. The van der Waals surface area contributed by atoms with E-state index in [4.69, 9.17) is 14.2 Å². The van der Waals surface area contributed by atoms with E-state index < -0.39 is 6.10 Å². The molecule has 6 nitrogen and oxygen atoms in total. The van der Waals surface area contributed by atoms with E-state index in [1.54, 1.807) is 13.2 Å². The Morgan fingerprint density at radius 3 is 2.32 bits per heavy atom. The van der Waals surface area contributed by atoms with Gasteiger partial charge in [0.15, 0.2) is 17.3 Å². The summed E-state index contributed by atoms with van der Waals surface area (Å²) < 4.78 is 16.8. The van der Waals surface area contributed by atoms with E-state index in [9.17, 15) is 9.90 Å². The molecule has 2 N–H and O–H groups in total. The van der Waals surface area contributed by atoms with Crippen LogP contribution in [0.3, 0.4) is 0 Å². The zero-order valence-corrected chi connectivity index (χ0v) is 17.3. The molecule has 31 heavy (non-hydrogen) atoms. The van der Waals surface area contributed by atoms with Crippen LogP contribution in [-0.4, -0.2) is 50.4 Å². The summed E-state index contributed by atoms with van der Waals surface area (Å²) in [5.41, 5.74) is 3.00. The van der Waals surface area contributed by atoms with Crippen molar-refractivity contribution in [2.45, 2.75) is 6.10 Å². The molecule has 1 aliphatic rings. The molecule has 0 amide bonds. The molecule has 0 fully saturated rings. The van der Waals surface area contributed by atoms with E-state index in [2.05, 4.69) is 5.32 Å². The highest BCUT2D eigenvalue weighted by Gasteiger charge is 2.29. The molecule has 0 aromatic heterocycles. The number of methoxy groups -OCH3 is 1. The van der Waals surface area contributed by atoms with Gasteiger partial charge in [0.2, 0.25) is 0 Å². The molecule has 0 heterocycles. The van der Waals surface area contributed by atoms with Crippen LogP contribution < -0.4 is 19.5 Å². The number of carbonyl (C=O) groups is 1. The Hall–Kier alpha value is -3.35. The van der Waals surface area contributed by atoms with Gasteiger partial charge in [-0.1, -0.05) is 48.5 Å². The number of aliphatic hydroxyl groups is 1. The number of carbonyl (C=O) groups excluding carboxylic acids is 1. The van der Waals surface area contributed by atoms with Crippen LogP contribution in [0.1, 0.15) is 15.9 Å². The van der Waals surface area contributed by atoms with Crippen molar-refractivity contribution in [3.8, 4) is 28.4 Å². The lowest BCUT2D eigenvalue weighted by molar-refractivity contribution is 0.104. The standard InChI is InChI=1S/C25H25NO5/c1-29-21-10-4-5-11-22(21)30-14-13-26-15-17(27)16-31-23-12-6-9-20-24(23)18-7-2-3-8-19(18)25(20)28/h2-12,17,26-27H,13-16H2,1H3. The van der Waals surface area contributed by atoms with Crippen molar-refractivity contribution < 1.29 is 24.1 Å². The number of fused-ring (bicyclic) bond motifs is 3. The molecule has 1 unspecified atom stereocenters. The third-order valence-corrected chi connectivity index (χ3v) is 5.13. The molecular weight excluding hydrogens is 394 g/mol. The molecule has 1 atom stereocenters. The van der Waals surface area contributed by atoms with Gasteiger partial charge >= 0.3 is 0 Å². The van der Waals surface area contributed by atoms with Crippen LogP contribution in [0.25, 0.3) is 11.1 Å². The molecular formula is C25H25NO5. The van der Waals surface area contributed by atoms with Crippen LogP contribution in [0, 0.1) is 0 Å². The Morgan fingerprint density at radius 1 is 0.839 bits per heavy atom. The number of aliphatic hydroxyl groups excluding tert-OH is 1. The van der Waals surface area contributed by atoms with Gasteiger partial charge in [-0.25, -0.2) is 0 Å². The van der Waals surface area contributed by atoms with Crippen molar-refractivity contribution in [2.75, 3.05) is 33.4 Å². The maximum atomic E-state index is 12.6. The summed E-state index contributed by atoms with van der Waals surface area (Å²) >= 11 is 0. The van der Waals surface area contributed by atoms with Crippen LogP contribution >= 0.6 is 0 Å². The quantitative estimate of drug-likeness (QED) is 0.384. The van der Waals surface area contributed by atoms with E-state index in [0.717, 1.165) is 11.1 Å². The van der Waals surface area contributed by atoms with Crippen LogP contribution in [0.2, 0.25) is 0 Å². The molecule has 0 radical (unpaired) electrons. The van der Waals surface area contributed by atoms with Gasteiger partial charge in [-0.15, -0.1) is 0 Å². The van der Waals surface area contributed by atoms with E-state index in [0.29, 0.717) is 48.1 Å². The molecule has 0 saturated carbocycles. The first-order valence-corrected chi connectivity index (χ1v) is 10.2. The third kappa shape index (κ3) is 4.55. The number of ketones is 1. The number of hydrogen-bond donors (Lipinski definition) is 2. The van der Waals surface area contributed by atoms with Gasteiger partial charge in [0.25, 0.3) is 0 Å². The molecule has 160 valence electrons. The zero-order valence-electron chi connectivity index (χ0n) is 17.3. The highest BCUT2D eigenvalue weighted by molar-refractivity contribution is 6.22. The predicted molar refractivity (Wildman–Crippen MR) is 118 cm³/mol. The summed E-state index contributed by atoms with van der Waals surface area (Å²) in [4.78, 5) is 12.6. The lowest BCUT2D eigenvalue weighted by atomic mass is 10.0. The SMILES string of the molecule is COc1ccccc1OCCNCC(O)COc1cccc2c1-c1ccccc1C2=O. The fourth-order valence-corrected chi connectivity index (χ4v) is 3.65. The summed E-state index contributed by atoms with van der Waals surface area (Å²) in [6.07, 6.45) is -0.700. The zero-order chi connectivity index (χ0) is 21.6. The molecule has 3 aromatic carbocycles. The fraction of sp³-hybridized carbons (Fsp3) is 0.240. The fourth-order valence-electron chi connectivity index (χ4n) is 3.65. The van der Waals surface area contributed by atoms with E-state index in [1.807, 2.05) is 60.7 Å².